The Labute approximate surface area is 87.1 Å². The second-order valence-electron chi connectivity index (χ2n) is 4.31. The van der Waals surface area contributed by atoms with Crippen LogP contribution in [0.2, 0.25) is 0 Å². The number of anilines is 1. The molecule has 0 aliphatic carbocycles. The third kappa shape index (κ3) is 2.22. The minimum absolute atomic E-state index is 0.0453. The van der Waals surface area contributed by atoms with Gasteiger partial charge in [0.05, 0.1) is 0 Å². The average Bonchev–Trinajstić information content (AvgIpc) is 2.14. The molecule has 1 saturated heterocycles. The first-order chi connectivity index (χ1) is 7.09. The van der Waals surface area contributed by atoms with Crippen LogP contribution in [0.1, 0.15) is 13.3 Å². The summed E-state index contributed by atoms with van der Waals surface area (Å²) < 4.78 is 24.5. The highest BCUT2D eigenvalue weighted by atomic mass is 19.3. The van der Waals surface area contributed by atoms with E-state index in [-0.39, 0.29) is 11.8 Å². The average molecular weight is 213 g/mol. The fourth-order valence-electron chi connectivity index (χ4n) is 1.97. The number of hydrogen-bond donors (Lipinski definition) is 0. The SMILES string of the molecule is CC1(CC(F)F)CN(c2ncccn2)C1. The number of nitrogens with zero attached hydrogens (tertiary/aromatic N) is 3. The highest BCUT2D eigenvalue weighted by Crippen LogP contribution is 2.36. The molecule has 1 aliphatic heterocycles. The lowest BCUT2D eigenvalue weighted by Gasteiger charge is -2.47. The summed E-state index contributed by atoms with van der Waals surface area (Å²) in [5.41, 5.74) is -0.284. The Bertz CT molecular complexity index is 323. The zero-order valence-electron chi connectivity index (χ0n) is 8.53. The van der Waals surface area contributed by atoms with Gasteiger partial charge in [0.1, 0.15) is 0 Å². The van der Waals surface area contributed by atoms with Crippen LogP contribution < -0.4 is 4.90 Å². The van der Waals surface area contributed by atoms with Gasteiger partial charge < -0.3 is 4.90 Å². The minimum atomic E-state index is -2.23. The van der Waals surface area contributed by atoms with Crippen LogP contribution in [0.15, 0.2) is 18.5 Å². The topological polar surface area (TPSA) is 29.0 Å². The molecule has 0 spiro atoms. The molecule has 1 fully saturated rings. The Kier molecular flexibility index (Phi) is 2.54. The molecule has 0 N–H and O–H groups in total. The van der Waals surface area contributed by atoms with Crippen molar-refractivity contribution in [2.75, 3.05) is 18.0 Å². The van der Waals surface area contributed by atoms with E-state index < -0.39 is 6.43 Å². The minimum Gasteiger partial charge on any atom is -0.340 e. The molecular formula is C10H13F2N3. The Balaban J connectivity index is 1.93. The van der Waals surface area contributed by atoms with E-state index in [9.17, 15) is 8.78 Å². The number of halogens is 2. The molecule has 2 rings (SSSR count). The fourth-order valence-corrected chi connectivity index (χ4v) is 1.97. The molecule has 3 nitrogen and oxygen atoms in total. The van der Waals surface area contributed by atoms with Crippen LogP contribution in [-0.4, -0.2) is 29.5 Å². The van der Waals surface area contributed by atoms with Gasteiger partial charge in [0, 0.05) is 37.3 Å². The molecule has 0 aromatic carbocycles. The van der Waals surface area contributed by atoms with Gasteiger partial charge in [-0.1, -0.05) is 6.92 Å². The molecule has 0 saturated carbocycles. The smallest absolute Gasteiger partial charge is 0.239 e. The van der Waals surface area contributed by atoms with Crippen LogP contribution >= 0.6 is 0 Å². The van der Waals surface area contributed by atoms with Crippen molar-refractivity contribution in [2.24, 2.45) is 5.41 Å². The van der Waals surface area contributed by atoms with E-state index in [2.05, 4.69) is 9.97 Å². The van der Waals surface area contributed by atoms with E-state index in [1.807, 2.05) is 11.8 Å². The number of rotatable bonds is 3. The van der Waals surface area contributed by atoms with Gasteiger partial charge >= 0.3 is 0 Å². The molecule has 0 amide bonds. The molecule has 0 radical (unpaired) electrons. The highest BCUT2D eigenvalue weighted by Gasteiger charge is 2.41. The molecule has 0 atom stereocenters. The van der Waals surface area contributed by atoms with Gasteiger partial charge in [-0.3, -0.25) is 0 Å². The predicted octanol–water partition coefficient (Wildman–Crippen LogP) is 1.96. The van der Waals surface area contributed by atoms with Crippen molar-refractivity contribution in [3.63, 3.8) is 0 Å². The van der Waals surface area contributed by atoms with Gasteiger partial charge in [0.2, 0.25) is 12.4 Å². The molecule has 15 heavy (non-hydrogen) atoms. The summed E-state index contributed by atoms with van der Waals surface area (Å²) in [6.07, 6.45) is 1.04. The summed E-state index contributed by atoms with van der Waals surface area (Å²) in [6.45, 7) is 3.10. The normalized spacial score (nSPS) is 19.1. The first-order valence-corrected chi connectivity index (χ1v) is 4.89. The molecule has 1 aliphatic rings. The van der Waals surface area contributed by atoms with Gasteiger partial charge in [-0.15, -0.1) is 0 Å². The standard InChI is InChI=1S/C10H13F2N3/c1-10(5-8(11)12)6-15(7-10)9-13-3-2-4-14-9/h2-4,8H,5-7H2,1H3. The maximum Gasteiger partial charge on any atom is 0.239 e. The maximum absolute atomic E-state index is 12.2. The van der Waals surface area contributed by atoms with Gasteiger partial charge in [-0.05, 0) is 6.07 Å². The van der Waals surface area contributed by atoms with Crippen molar-refractivity contribution in [2.45, 2.75) is 19.8 Å². The van der Waals surface area contributed by atoms with Crippen LogP contribution in [0.3, 0.4) is 0 Å². The summed E-state index contributed by atoms with van der Waals surface area (Å²) in [5.74, 6) is 0.629. The zero-order chi connectivity index (χ0) is 10.9. The van der Waals surface area contributed by atoms with Crippen molar-refractivity contribution in [1.82, 2.24) is 9.97 Å². The van der Waals surface area contributed by atoms with Crippen LogP contribution in [0.4, 0.5) is 14.7 Å². The quantitative estimate of drug-likeness (QED) is 0.768. The Morgan fingerprint density at radius 3 is 2.53 bits per heavy atom. The Hall–Kier alpha value is -1.26. The number of hydrogen-bond acceptors (Lipinski definition) is 3. The maximum atomic E-state index is 12.2. The third-order valence-electron chi connectivity index (χ3n) is 2.63. The lowest BCUT2D eigenvalue weighted by molar-refractivity contribution is 0.0640. The van der Waals surface area contributed by atoms with Crippen LogP contribution in [0.25, 0.3) is 0 Å². The molecular weight excluding hydrogens is 200 g/mol. The van der Waals surface area contributed by atoms with Crippen LogP contribution in [-0.2, 0) is 0 Å². The number of aromatic nitrogens is 2. The molecule has 0 unspecified atom stereocenters. The second kappa shape index (κ2) is 3.72. The lowest BCUT2D eigenvalue weighted by Crippen LogP contribution is -2.56. The number of alkyl halides is 2. The largest absolute Gasteiger partial charge is 0.340 e. The van der Waals surface area contributed by atoms with Crippen molar-refractivity contribution in [3.8, 4) is 0 Å². The Morgan fingerprint density at radius 1 is 1.40 bits per heavy atom. The van der Waals surface area contributed by atoms with Crippen molar-refractivity contribution in [1.29, 1.82) is 0 Å². The summed E-state index contributed by atoms with van der Waals surface area (Å²) in [5, 5.41) is 0. The molecule has 2 heterocycles. The van der Waals surface area contributed by atoms with E-state index >= 15 is 0 Å². The van der Waals surface area contributed by atoms with Crippen LogP contribution in [0, 0.1) is 5.41 Å². The fraction of sp³-hybridized carbons (Fsp3) is 0.600. The van der Waals surface area contributed by atoms with Gasteiger partial charge in [0.25, 0.3) is 0 Å². The molecule has 1 aromatic rings. The van der Waals surface area contributed by atoms with E-state index in [1.54, 1.807) is 18.5 Å². The van der Waals surface area contributed by atoms with Crippen molar-refractivity contribution < 1.29 is 8.78 Å². The first-order valence-electron chi connectivity index (χ1n) is 4.89. The summed E-state index contributed by atoms with van der Waals surface area (Å²) in [7, 11) is 0. The van der Waals surface area contributed by atoms with Gasteiger partial charge in [-0.25, -0.2) is 18.7 Å². The van der Waals surface area contributed by atoms with Gasteiger partial charge in [0.15, 0.2) is 0 Å². The highest BCUT2D eigenvalue weighted by molar-refractivity contribution is 5.34. The monoisotopic (exact) mass is 213 g/mol. The summed E-state index contributed by atoms with van der Waals surface area (Å²) >= 11 is 0. The molecule has 5 heteroatoms. The lowest BCUT2D eigenvalue weighted by atomic mass is 9.79. The summed E-state index contributed by atoms with van der Waals surface area (Å²) in [4.78, 5) is 10.1. The van der Waals surface area contributed by atoms with Crippen LogP contribution in [0.5, 0.6) is 0 Å². The van der Waals surface area contributed by atoms with Crippen molar-refractivity contribution >= 4 is 5.95 Å². The second-order valence-corrected chi connectivity index (χ2v) is 4.31. The first kappa shape index (κ1) is 10.3. The Morgan fingerprint density at radius 2 is 2.00 bits per heavy atom. The molecule has 0 bridgehead atoms. The van der Waals surface area contributed by atoms with E-state index in [0.29, 0.717) is 19.0 Å². The predicted molar refractivity (Wildman–Crippen MR) is 53.0 cm³/mol. The van der Waals surface area contributed by atoms with Crippen molar-refractivity contribution in [3.05, 3.63) is 18.5 Å². The van der Waals surface area contributed by atoms with E-state index in [0.717, 1.165) is 0 Å². The van der Waals surface area contributed by atoms with Gasteiger partial charge in [-0.2, -0.15) is 0 Å². The zero-order valence-corrected chi connectivity index (χ0v) is 8.53. The third-order valence-corrected chi connectivity index (χ3v) is 2.63. The summed E-state index contributed by atoms with van der Waals surface area (Å²) in [6, 6.07) is 1.74. The molecule has 82 valence electrons. The van der Waals surface area contributed by atoms with E-state index in [1.165, 1.54) is 0 Å². The molecule has 1 aromatic heterocycles. The van der Waals surface area contributed by atoms with E-state index in [4.69, 9.17) is 0 Å².